The summed E-state index contributed by atoms with van der Waals surface area (Å²) < 4.78 is 10.0. The molecule has 0 fully saturated rings. The second-order valence-corrected chi connectivity index (χ2v) is 8.02. The van der Waals surface area contributed by atoms with Crippen molar-refractivity contribution in [2.75, 3.05) is 0 Å². The van der Waals surface area contributed by atoms with Crippen molar-refractivity contribution in [3.63, 3.8) is 0 Å². The van der Waals surface area contributed by atoms with E-state index in [9.17, 15) is 29.4 Å². The van der Waals surface area contributed by atoms with Crippen molar-refractivity contribution in [3.8, 4) is 0 Å². The third kappa shape index (κ3) is 12.6. The molecular formula is C18H30N2O8. The molecule has 0 rings (SSSR count). The molecule has 0 radical (unpaired) electrons. The van der Waals surface area contributed by atoms with Gasteiger partial charge in [-0.15, -0.1) is 0 Å². The average Bonchev–Trinajstić information content (AvgIpc) is 2.44. The highest BCUT2D eigenvalue weighted by Crippen LogP contribution is 2.09. The summed E-state index contributed by atoms with van der Waals surface area (Å²) in [7, 11) is 0. The summed E-state index contributed by atoms with van der Waals surface area (Å²) in [6.07, 6.45) is 0.888. The molecule has 28 heavy (non-hydrogen) atoms. The van der Waals surface area contributed by atoms with E-state index in [1.54, 1.807) is 41.5 Å². The van der Waals surface area contributed by atoms with E-state index in [0.29, 0.717) is 0 Å². The van der Waals surface area contributed by atoms with Gasteiger partial charge in [-0.1, -0.05) is 12.2 Å². The summed E-state index contributed by atoms with van der Waals surface area (Å²) >= 11 is 0. The second-order valence-electron chi connectivity index (χ2n) is 8.02. The predicted molar refractivity (Wildman–Crippen MR) is 100.0 cm³/mol. The number of ether oxygens (including phenoxy) is 2. The van der Waals surface area contributed by atoms with Gasteiger partial charge in [0.1, 0.15) is 23.3 Å². The first-order valence-electron chi connectivity index (χ1n) is 8.70. The van der Waals surface area contributed by atoms with Crippen LogP contribution in [0.25, 0.3) is 0 Å². The van der Waals surface area contributed by atoms with Gasteiger partial charge in [0.25, 0.3) is 0 Å². The number of hydrogen-bond acceptors (Lipinski definition) is 6. The fourth-order valence-corrected chi connectivity index (χ4v) is 1.81. The van der Waals surface area contributed by atoms with Crippen LogP contribution in [0.3, 0.4) is 0 Å². The Morgan fingerprint density at radius 2 is 1.04 bits per heavy atom. The molecule has 10 heteroatoms. The fourth-order valence-electron chi connectivity index (χ4n) is 1.81. The lowest BCUT2D eigenvalue weighted by Gasteiger charge is -2.22. The smallest absolute Gasteiger partial charge is 0.408 e. The first kappa shape index (κ1) is 25.2. The number of carboxylic acids is 2. The molecule has 0 saturated carbocycles. The molecule has 0 saturated heterocycles. The molecule has 2 atom stereocenters. The van der Waals surface area contributed by atoms with Crippen molar-refractivity contribution in [1.29, 1.82) is 0 Å². The monoisotopic (exact) mass is 402 g/mol. The zero-order valence-electron chi connectivity index (χ0n) is 17.1. The minimum absolute atomic E-state index is 0.0899. The molecule has 0 aliphatic heterocycles. The van der Waals surface area contributed by atoms with Crippen LogP contribution >= 0.6 is 0 Å². The number of carboxylic acid groups (broad SMARTS) is 2. The number of carbonyl (C=O) groups is 4. The maximum atomic E-state index is 11.7. The Labute approximate surface area is 164 Å². The van der Waals surface area contributed by atoms with E-state index in [0.717, 1.165) is 0 Å². The molecular weight excluding hydrogens is 372 g/mol. The average molecular weight is 402 g/mol. The standard InChI is InChI=1S/C18H30N2O8/c1-17(2,3)27-15(25)19-11(13(21)22)9-7-8-10-12(14(23)24)20-16(26)28-18(4,5)6/h7-8,11-12H,9-10H2,1-6H3,(H,19,25)(H,20,26)(H,21,22)(H,23,24)/t11-,12-/m0/s1. The third-order valence-corrected chi connectivity index (χ3v) is 2.89. The van der Waals surface area contributed by atoms with Crippen molar-refractivity contribution in [2.45, 2.75) is 77.7 Å². The highest BCUT2D eigenvalue weighted by molar-refractivity contribution is 5.81. The molecule has 0 aliphatic rings. The summed E-state index contributed by atoms with van der Waals surface area (Å²) in [4.78, 5) is 45.8. The number of hydrogen-bond donors (Lipinski definition) is 4. The maximum absolute atomic E-state index is 11.7. The third-order valence-electron chi connectivity index (χ3n) is 2.89. The first-order valence-corrected chi connectivity index (χ1v) is 8.70. The molecule has 0 spiro atoms. The molecule has 0 aromatic rings. The molecule has 0 aromatic heterocycles. The van der Waals surface area contributed by atoms with E-state index in [4.69, 9.17) is 9.47 Å². The van der Waals surface area contributed by atoms with Crippen LogP contribution in [0.2, 0.25) is 0 Å². The fraction of sp³-hybridized carbons (Fsp3) is 0.667. The summed E-state index contributed by atoms with van der Waals surface area (Å²) in [6.45, 7) is 9.87. The quantitative estimate of drug-likeness (QED) is 0.451. The lowest BCUT2D eigenvalue weighted by Crippen LogP contribution is -2.43. The second kappa shape index (κ2) is 10.5. The Kier molecular flexibility index (Phi) is 9.48. The van der Waals surface area contributed by atoms with Crippen molar-refractivity contribution < 1.29 is 38.9 Å². The number of aliphatic carboxylic acids is 2. The summed E-state index contributed by atoms with van der Waals surface area (Å²) in [5, 5.41) is 22.8. The molecule has 4 N–H and O–H groups in total. The molecule has 0 aliphatic carbocycles. The Hall–Kier alpha value is -2.78. The van der Waals surface area contributed by atoms with Gasteiger partial charge < -0.3 is 30.3 Å². The summed E-state index contributed by atoms with van der Waals surface area (Å²) in [5.41, 5.74) is -1.55. The number of carbonyl (C=O) groups excluding carboxylic acids is 2. The van der Waals surface area contributed by atoms with Crippen LogP contribution < -0.4 is 10.6 Å². The van der Waals surface area contributed by atoms with Gasteiger partial charge in [0.05, 0.1) is 0 Å². The van der Waals surface area contributed by atoms with Crippen LogP contribution in [0, 0.1) is 0 Å². The van der Waals surface area contributed by atoms with E-state index >= 15 is 0 Å². The molecule has 0 aromatic carbocycles. The Morgan fingerprint density at radius 1 is 0.750 bits per heavy atom. The molecule has 160 valence electrons. The van der Waals surface area contributed by atoms with Crippen LogP contribution in [-0.4, -0.2) is 57.6 Å². The SMILES string of the molecule is CC(C)(C)OC(=O)N[C@@H](CC=CC[C@H](NC(=O)OC(C)(C)C)C(=O)O)C(=O)O. The molecule has 0 heterocycles. The maximum Gasteiger partial charge on any atom is 0.408 e. The highest BCUT2D eigenvalue weighted by Gasteiger charge is 2.24. The van der Waals surface area contributed by atoms with Crippen LogP contribution in [0.5, 0.6) is 0 Å². The number of alkyl carbamates (subject to hydrolysis) is 2. The number of amides is 2. The van der Waals surface area contributed by atoms with Gasteiger partial charge in [-0.25, -0.2) is 19.2 Å². The Morgan fingerprint density at radius 3 is 1.25 bits per heavy atom. The van der Waals surface area contributed by atoms with Crippen molar-refractivity contribution in [3.05, 3.63) is 12.2 Å². The van der Waals surface area contributed by atoms with Gasteiger partial charge in [0.2, 0.25) is 0 Å². The molecule has 0 unspecified atom stereocenters. The zero-order valence-corrected chi connectivity index (χ0v) is 17.1. The minimum atomic E-state index is -1.27. The largest absolute Gasteiger partial charge is 0.480 e. The first-order chi connectivity index (χ1) is 12.6. The molecule has 0 bridgehead atoms. The van der Waals surface area contributed by atoms with Gasteiger partial charge in [-0.05, 0) is 54.4 Å². The number of nitrogens with one attached hydrogen (secondary N) is 2. The Bertz CT molecular complexity index is 550. The van der Waals surface area contributed by atoms with E-state index in [1.165, 1.54) is 12.2 Å². The van der Waals surface area contributed by atoms with E-state index in [2.05, 4.69) is 10.6 Å². The topological polar surface area (TPSA) is 151 Å². The van der Waals surface area contributed by atoms with E-state index < -0.39 is 47.4 Å². The normalized spacial score (nSPS) is 14.1. The Balaban J connectivity index is 4.72. The van der Waals surface area contributed by atoms with Crippen LogP contribution in [0.1, 0.15) is 54.4 Å². The van der Waals surface area contributed by atoms with Crippen LogP contribution in [0.4, 0.5) is 9.59 Å². The van der Waals surface area contributed by atoms with Gasteiger partial charge in [0, 0.05) is 0 Å². The lowest BCUT2D eigenvalue weighted by atomic mass is 10.1. The van der Waals surface area contributed by atoms with E-state index in [-0.39, 0.29) is 12.8 Å². The minimum Gasteiger partial charge on any atom is -0.480 e. The van der Waals surface area contributed by atoms with Gasteiger partial charge in [-0.3, -0.25) is 0 Å². The molecule has 10 nitrogen and oxygen atoms in total. The van der Waals surface area contributed by atoms with Gasteiger partial charge in [-0.2, -0.15) is 0 Å². The zero-order chi connectivity index (χ0) is 22.1. The van der Waals surface area contributed by atoms with E-state index in [1.807, 2.05) is 0 Å². The van der Waals surface area contributed by atoms with Gasteiger partial charge in [0.15, 0.2) is 0 Å². The van der Waals surface area contributed by atoms with Crippen molar-refractivity contribution >= 4 is 24.1 Å². The molecule has 2 amide bonds. The predicted octanol–water partition coefficient (Wildman–Crippen LogP) is 2.28. The van der Waals surface area contributed by atoms with Crippen LogP contribution in [-0.2, 0) is 19.1 Å². The van der Waals surface area contributed by atoms with Crippen molar-refractivity contribution in [1.82, 2.24) is 10.6 Å². The highest BCUT2D eigenvalue weighted by atomic mass is 16.6. The van der Waals surface area contributed by atoms with Crippen molar-refractivity contribution in [2.24, 2.45) is 0 Å². The number of rotatable bonds is 8. The summed E-state index contributed by atoms with van der Waals surface area (Å²) in [5.74, 6) is -2.53. The van der Waals surface area contributed by atoms with Crippen LogP contribution in [0.15, 0.2) is 12.2 Å². The summed E-state index contributed by atoms with van der Waals surface area (Å²) in [6, 6.07) is -2.48. The van der Waals surface area contributed by atoms with Gasteiger partial charge >= 0.3 is 24.1 Å². The lowest BCUT2D eigenvalue weighted by molar-refractivity contribution is -0.140.